The van der Waals surface area contributed by atoms with Crippen LogP contribution in [-0.4, -0.2) is 86.2 Å². The van der Waals surface area contributed by atoms with Crippen molar-refractivity contribution in [1.82, 2.24) is 14.8 Å². The summed E-state index contributed by atoms with van der Waals surface area (Å²) in [5.74, 6) is -3.11. The molecule has 0 aliphatic carbocycles. The van der Waals surface area contributed by atoms with Gasteiger partial charge in [0.05, 0.1) is 25.8 Å². The molecule has 2 aromatic carbocycles. The van der Waals surface area contributed by atoms with Crippen molar-refractivity contribution >= 4 is 10.9 Å². The number of ether oxygens (including phenoxy) is 3. The van der Waals surface area contributed by atoms with Gasteiger partial charge in [-0.05, 0) is 68.0 Å². The van der Waals surface area contributed by atoms with E-state index in [-0.39, 0.29) is 19.6 Å². The highest BCUT2D eigenvalue weighted by Gasteiger charge is 2.35. The number of alkyl halides is 1. The molecule has 5 rings (SSSR count). The third kappa shape index (κ3) is 7.57. The van der Waals surface area contributed by atoms with Crippen LogP contribution in [-0.2, 0) is 11.3 Å². The van der Waals surface area contributed by atoms with E-state index in [0.29, 0.717) is 87.6 Å². The Morgan fingerprint density at radius 2 is 1.74 bits per heavy atom. The maximum atomic E-state index is 16.4. The summed E-state index contributed by atoms with van der Waals surface area (Å²) in [5, 5.41) is 11.1. The molecule has 1 atom stereocenters. The van der Waals surface area contributed by atoms with E-state index >= 15 is 4.39 Å². The molecular formula is C32H39F4N3O4. The van der Waals surface area contributed by atoms with Gasteiger partial charge in [-0.2, -0.15) is 0 Å². The number of likely N-dealkylation sites (tertiary alicyclic amines) is 1. The number of piperidine rings is 1. The Morgan fingerprint density at radius 3 is 2.42 bits per heavy atom. The minimum absolute atomic E-state index is 0.0304. The Kier molecular flexibility index (Phi) is 10.4. The lowest BCUT2D eigenvalue weighted by Crippen LogP contribution is -2.43. The highest BCUT2D eigenvalue weighted by atomic mass is 19.1. The van der Waals surface area contributed by atoms with Gasteiger partial charge in [0.15, 0.2) is 17.4 Å². The van der Waals surface area contributed by atoms with Gasteiger partial charge in [0.1, 0.15) is 24.3 Å². The molecule has 0 unspecified atom stereocenters. The van der Waals surface area contributed by atoms with E-state index in [4.69, 9.17) is 14.2 Å². The summed E-state index contributed by atoms with van der Waals surface area (Å²) in [7, 11) is 1.58. The number of aliphatic hydroxyl groups is 1. The first kappa shape index (κ1) is 31.4. The summed E-state index contributed by atoms with van der Waals surface area (Å²) in [6.45, 7) is 5.07. The number of halogens is 4. The monoisotopic (exact) mass is 605 g/mol. The molecule has 2 aliphatic rings. The first-order valence-electron chi connectivity index (χ1n) is 14.8. The predicted octanol–water partition coefficient (Wildman–Crippen LogP) is 5.44. The molecule has 2 fully saturated rings. The van der Waals surface area contributed by atoms with Gasteiger partial charge in [0, 0.05) is 62.1 Å². The number of hydrogen-bond donors (Lipinski definition) is 1. The second-order valence-corrected chi connectivity index (χ2v) is 11.5. The number of morpholine rings is 1. The molecule has 0 spiro atoms. The largest absolute Gasteiger partial charge is 0.497 e. The van der Waals surface area contributed by atoms with Gasteiger partial charge in [0.25, 0.3) is 0 Å². The average Bonchev–Trinajstić information content (AvgIpc) is 3.02. The van der Waals surface area contributed by atoms with Crippen molar-refractivity contribution in [2.24, 2.45) is 5.41 Å². The minimum Gasteiger partial charge on any atom is -0.497 e. The Balaban J connectivity index is 1.22. The quantitative estimate of drug-likeness (QED) is 0.276. The fourth-order valence-corrected chi connectivity index (χ4v) is 6.12. The number of pyridine rings is 1. The Bertz CT molecular complexity index is 1360. The Labute approximate surface area is 249 Å². The molecule has 3 heterocycles. The van der Waals surface area contributed by atoms with E-state index in [9.17, 15) is 18.3 Å². The van der Waals surface area contributed by atoms with E-state index in [1.807, 2.05) is 18.2 Å². The van der Waals surface area contributed by atoms with Crippen LogP contribution < -0.4 is 9.47 Å². The zero-order valence-electron chi connectivity index (χ0n) is 24.5. The van der Waals surface area contributed by atoms with Crippen LogP contribution in [0.15, 0.2) is 36.5 Å². The molecular weight excluding hydrogens is 566 g/mol. The summed E-state index contributed by atoms with van der Waals surface area (Å²) < 4.78 is 73.4. The Morgan fingerprint density at radius 1 is 1.02 bits per heavy atom. The number of aromatic nitrogens is 1. The molecule has 2 aliphatic heterocycles. The fraction of sp³-hybridized carbons (Fsp3) is 0.531. The van der Waals surface area contributed by atoms with Crippen molar-refractivity contribution in [1.29, 1.82) is 0 Å². The maximum Gasteiger partial charge on any atom is 0.190 e. The summed E-state index contributed by atoms with van der Waals surface area (Å²) >= 11 is 0. The van der Waals surface area contributed by atoms with Gasteiger partial charge in [-0.3, -0.25) is 14.8 Å². The van der Waals surface area contributed by atoms with Crippen molar-refractivity contribution < 1.29 is 36.9 Å². The molecule has 234 valence electrons. The molecule has 0 amide bonds. The minimum atomic E-state index is -1.26. The van der Waals surface area contributed by atoms with Gasteiger partial charge >= 0.3 is 0 Å². The first-order chi connectivity index (χ1) is 20.8. The molecule has 0 bridgehead atoms. The third-order valence-electron chi connectivity index (χ3n) is 8.81. The van der Waals surface area contributed by atoms with Gasteiger partial charge in [-0.15, -0.1) is 0 Å². The zero-order valence-corrected chi connectivity index (χ0v) is 24.5. The molecule has 0 radical (unpaired) electrons. The molecule has 11 heteroatoms. The molecule has 7 nitrogen and oxygen atoms in total. The number of benzene rings is 2. The van der Waals surface area contributed by atoms with Gasteiger partial charge in [-0.1, -0.05) is 0 Å². The van der Waals surface area contributed by atoms with Crippen LogP contribution in [0.5, 0.6) is 11.5 Å². The van der Waals surface area contributed by atoms with E-state index in [0.717, 1.165) is 24.0 Å². The van der Waals surface area contributed by atoms with Crippen LogP contribution in [0.1, 0.15) is 43.0 Å². The van der Waals surface area contributed by atoms with E-state index < -0.39 is 34.8 Å². The lowest BCUT2D eigenvalue weighted by Gasteiger charge is -2.41. The van der Waals surface area contributed by atoms with Crippen molar-refractivity contribution in [2.45, 2.75) is 38.4 Å². The van der Waals surface area contributed by atoms with Crippen molar-refractivity contribution in [2.75, 3.05) is 66.3 Å². The summed E-state index contributed by atoms with van der Waals surface area (Å²) in [4.78, 5) is 8.95. The standard InChI is InChI=1S/C32H39F4N3O4/c1-41-24-2-3-29-25(18-24)30(22(19-37-29)20-39-10-13-42-14-11-39)26(34)4-5-32(21-40)6-8-38(9-7-32)12-15-43-31-27(35)16-23(33)17-28(31)36/h2-3,16-19,26,40H,4-15,20-21H2,1H3/t26-/m1/s1. The van der Waals surface area contributed by atoms with Crippen molar-refractivity contribution in [3.8, 4) is 11.5 Å². The molecule has 43 heavy (non-hydrogen) atoms. The van der Waals surface area contributed by atoms with Crippen LogP contribution in [0, 0.1) is 22.9 Å². The van der Waals surface area contributed by atoms with E-state index in [1.165, 1.54) is 0 Å². The smallest absolute Gasteiger partial charge is 0.190 e. The third-order valence-corrected chi connectivity index (χ3v) is 8.81. The zero-order chi connectivity index (χ0) is 30.4. The SMILES string of the molecule is COc1ccc2ncc(CN3CCOCC3)c([C@H](F)CCC3(CO)CCN(CCOc4c(F)cc(F)cc4F)CC3)c2c1. The number of aliphatic hydroxyl groups excluding tert-OH is 1. The molecule has 2 saturated heterocycles. The lowest BCUT2D eigenvalue weighted by atomic mass is 9.74. The van der Waals surface area contributed by atoms with Crippen molar-refractivity contribution in [3.63, 3.8) is 0 Å². The van der Waals surface area contributed by atoms with Gasteiger partial charge in [0.2, 0.25) is 0 Å². The van der Waals surface area contributed by atoms with Crippen LogP contribution in [0.3, 0.4) is 0 Å². The topological polar surface area (TPSA) is 67.3 Å². The van der Waals surface area contributed by atoms with E-state index in [2.05, 4.69) is 14.8 Å². The van der Waals surface area contributed by atoms with Crippen LogP contribution in [0.2, 0.25) is 0 Å². The highest BCUT2D eigenvalue weighted by Crippen LogP contribution is 2.41. The second kappa shape index (κ2) is 14.2. The molecule has 1 aromatic heterocycles. The number of rotatable bonds is 12. The van der Waals surface area contributed by atoms with Crippen LogP contribution in [0.4, 0.5) is 17.6 Å². The van der Waals surface area contributed by atoms with E-state index in [1.54, 1.807) is 13.3 Å². The summed E-state index contributed by atoms with van der Waals surface area (Å²) in [6.07, 6.45) is 2.58. The van der Waals surface area contributed by atoms with Gasteiger partial charge in [-0.25, -0.2) is 17.6 Å². The highest BCUT2D eigenvalue weighted by molar-refractivity contribution is 5.85. The predicted molar refractivity (Wildman–Crippen MR) is 154 cm³/mol. The molecule has 3 aromatic rings. The molecule has 1 N–H and O–H groups in total. The number of fused-ring (bicyclic) bond motifs is 1. The van der Waals surface area contributed by atoms with Gasteiger partial charge < -0.3 is 19.3 Å². The molecule has 0 saturated carbocycles. The lowest BCUT2D eigenvalue weighted by molar-refractivity contribution is 0.0259. The number of hydrogen-bond acceptors (Lipinski definition) is 7. The maximum absolute atomic E-state index is 16.4. The fourth-order valence-electron chi connectivity index (χ4n) is 6.12. The summed E-state index contributed by atoms with van der Waals surface area (Å²) in [5.41, 5.74) is 1.74. The van der Waals surface area contributed by atoms with Crippen LogP contribution in [0.25, 0.3) is 10.9 Å². The van der Waals surface area contributed by atoms with Crippen LogP contribution >= 0.6 is 0 Å². The van der Waals surface area contributed by atoms with Crippen molar-refractivity contribution in [3.05, 3.63) is 65.1 Å². The normalized spacial score (nSPS) is 18.6. The Hall–Kier alpha value is -2.99. The first-order valence-corrected chi connectivity index (χ1v) is 14.8. The summed E-state index contributed by atoms with van der Waals surface area (Å²) in [6, 6.07) is 6.68. The second-order valence-electron chi connectivity index (χ2n) is 11.5. The number of methoxy groups -OCH3 is 1. The average molecular weight is 606 g/mol. The number of nitrogens with zero attached hydrogens (tertiary/aromatic N) is 3.